The molecule has 0 heterocycles. The molecule has 0 aromatic carbocycles. The molecule has 0 aromatic heterocycles. The number of carbonyl (C=O) groups excluding carboxylic acids is 2. The number of fused-ring (bicyclic) bond motifs is 2. The summed E-state index contributed by atoms with van der Waals surface area (Å²) in [5.74, 6) is 4.87. The molecule has 27 heavy (non-hydrogen) atoms. The van der Waals surface area contributed by atoms with Crippen LogP contribution in [0.4, 0.5) is 0 Å². The van der Waals surface area contributed by atoms with Crippen molar-refractivity contribution in [2.45, 2.75) is 109 Å². The maximum absolute atomic E-state index is 12.9. The summed E-state index contributed by atoms with van der Waals surface area (Å²) in [6, 6.07) is 0. The van der Waals surface area contributed by atoms with E-state index in [4.69, 9.17) is 0 Å². The average Bonchev–Trinajstić information content (AvgIpc) is 2.72. The normalized spacial score (nSPS) is 39.3. The van der Waals surface area contributed by atoms with Gasteiger partial charge in [-0.2, -0.15) is 0 Å². The third-order valence-electron chi connectivity index (χ3n) is 8.83. The maximum atomic E-state index is 12.9. The summed E-state index contributed by atoms with van der Waals surface area (Å²) in [6.45, 7) is 0. The van der Waals surface area contributed by atoms with Gasteiger partial charge >= 0.3 is 0 Å². The third-order valence-corrected chi connectivity index (χ3v) is 8.83. The summed E-state index contributed by atoms with van der Waals surface area (Å²) in [5.41, 5.74) is 0. The zero-order valence-corrected chi connectivity index (χ0v) is 17.3. The highest BCUT2D eigenvalue weighted by molar-refractivity contribution is 5.84. The van der Waals surface area contributed by atoms with Crippen molar-refractivity contribution in [1.29, 1.82) is 0 Å². The first kappa shape index (κ1) is 19.6. The second kappa shape index (κ2) is 9.23. The van der Waals surface area contributed by atoms with E-state index >= 15 is 0 Å². The van der Waals surface area contributed by atoms with E-state index in [1.165, 1.54) is 70.6 Å². The Balaban J connectivity index is 1.21. The number of hydrogen-bond donors (Lipinski definition) is 0. The molecule has 6 atom stereocenters. The standard InChI is InChI=1S/C25H40O2/c26-24(21-16-15-18-7-1-2-9-20(18)17-21)13-6-14-25(27)23-12-5-10-19-8-3-4-11-22(19)23/h18-23H,1-17H2. The molecule has 0 N–H and O–H groups in total. The SMILES string of the molecule is O=C(CCCC(=O)C1CCCC2CCCCC21)C1CCC2CCCCC2C1. The Morgan fingerprint density at radius 2 is 1.26 bits per heavy atom. The lowest BCUT2D eigenvalue weighted by Crippen LogP contribution is -2.35. The van der Waals surface area contributed by atoms with Gasteiger partial charge in [-0.1, -0.05) is 57.8 Å². The molecule has 4 fully saturated rings. The zero-order valence-electron chi connectivity index (χ0n) is 17.3. The van der Waals surface area contributed by atoms with Crippen LogP contribution in [0.3, 0.4) is 0 Å². The molecule has 4 aliphatic rings. The number of ketones is 2. The molecule has 0 amide bonds. The molecule has 0 aliphatic heterocycles. The van der Waals surface area contributed by atoms with Crippen LogP contribution >= 0.6 is 0 Å². The van der Waals surface area contributed by atoms with Crippen molar-refractivity contribution >= 4 is 11.6 Å². The number of hydrogen-bond acceptors (Lipinski definition) is 2. The smallest absolute Gasteiger partial charge is 0.136 e. The number of rotatable bonds is 6. The number of carbonyl (C=O) groups is 2. The van der Waals surface area contributed by atoms with Gasteiger partial charge in [-0.25, -0.2) is 0 Å². The Kier molecular flexibility index (Phi) is 6.71. The molecular formula is C25H40O2. The van der Waals surface area contributed by atoms with Crippen LogP contribution in [0.2, 0.25) is 0 Å². The topological polar surface area (TPSA) is 34.1 Å². The largest absolute Gasteiger partial charge is 0.299 e. The Morgan fingerprint density at radius 1 is 0.593 bits per heavy atom. The monoisotopic (exact) mass is 372 g/mol. The first-order chi connectivity index (χ1) is 13.2. The van der Waals surface area contributed by atoms with Crippen molar-refractivity contribution in [3.05, 3.63) is 0 Å². The van der Waals surface area contributed by atoms with Crippen molar-refractivity contribution in [3.63, 3.8) is 0 Å². The zero-order chi connectivity index (χ0) is 18.6. The van der Waals surface area contributed by atoms with Crippen LogP contribution in [-0.2, 0) is 9.59 Å². The Hall–Kier alpha value is -0.660. The average molecular weight is 373 g/mol. The fourth-order valence-electron chi connectivity index (χ4n) is 7.33. The minimum atomic E-state index is 0.317. The van der Waals surface area contributed by atoms with Crippen LogP contribution in [0, 0.1) is 35.5 Å². The molecule has 4 saturated carbocycles. The second-order valence-corrected chi connectivity index (χ2v) is 10.3. The quantitative estimate of drug-likeness (QED) is 0.532. The third kappa shape index (κ3) is 4.67. The van der Waals surface area contributed by atoms with E-state index in [-0.39, 0.29) is 0 Å². The fraction of sp³-hybridized carbons (Fsp3) is 0.920. The summed E-state index contributed by atoms with van der Waals surface area (Å²) >= 11 is 0. The molecule has 0 spiro atoms. The molecular weight excluding hydrogens is 332 g/mol. The predicted octanol–water partition coefficient (Wildman–Crippen LogP) is 6.51. The van der Waals surface area contributed by atoms with Crippen molar-refractivity contribution in [2.24, 2.45) is 35.5 Å². The molecule has 0 radical (unpaired) electrons. The van der Waals surface area contributed by atoms with E-state index in [0.717, 1.165) is 43.4 Å². The van der Waals surface area contributed by atoms with Gasteiger partial charge in [0.1, 0.15) is 11.6 Å². The Labute approximate surface area is 166 Å². The molecule has 0 saturated heterocycles. The van der Waals surface area contributed by atoms with Crippen LogP contribution in [0.15, 0.2) is 0 Å². The summed E-state index contributed by atoms with van der Waals surface area (Å²) < 4.78 is 0. The van der Waals surface area contributed by atoms with Gasteiger partial charge in [0.05, 0.1) is 0 Å². The molecule has 6 unspecified atom stereocenters. The summed E-state index contributed by atoms with van der Waals surface area (Å²) in [6.07, 6.45) is 20.3. The van der Waals surface area contributed by atoms with Gasteiger partial charge in [0.15, 0.2) is 0 Å². The molecule has 152 valence electrons. The number of Topliss-reactive ketones (excluding diaryl/α,β-unsaturated/α-hetero) is 2. The van der Waals surface area contributed by atoms with Crippen LogP contribution in [-0.4, -0.2) is 11.6 Å². The van der Waals surface area contributed by atoms with Crippen LogP contribution in [0.1, 0.15) is 109 Å². The summed E-state index contributed by atoms with van der Waals surface area (Å²) in [4.78, 5) is 25.6. The van der Waals surface area contributed by atoms with E-state index in [0.29, 0.717) is 42.2 Å². The van der Waals surface area contributed by atoms with E-state index in [2.05, 4.69) is 0 Å². The lowest BCUT2D eigenvalue weighted by Gasteiger charge is -2.40. The lowest BCUT2D eigenvalue weighted by molar-refractivity contribution is -0.128. The van der Waals surface area contributed by atoms with Crippen molar-refractivity contribution in [1.82, 2.24) is 0 Å². The highest BCUT2D eigenvalue weighted by atomic mass is 16.1. The predicted molar refractivity (Wildman–Crippen MR) is 109 cm³/mol. The minimum absolute atomic E-state index is 0.317. The van der Waals surface area contributed by atoms with Crippen LogP contribution < -0.4 is 0 Å². The van der Waals surface area contributed by atoms with Crippen molar-refractivity contribution in [3.8, 4) is 0 Å². The van der Waals surface area contributed by atoms with E-state index in [1.807, 2.05) is 0 Å². The van der Waals surface area contributed by atoms with Crippen molar-refractivity contribution < 1.29 is 9.59 Å². The van der Waals surface area contributed by atoms with Gasteiger partial charge in [0, 0.05) is 24.7 Å². The summed E-state index contributed by atoms with van der Waals surface area (Å²) in [5, 5.41) is 0. The lowest BCUT2D eigenvalue weighted by atomic mass is 9.64. The summed E-state index contributed by atoms with van der Waals surface area (Å²) in [7, 11) is 0. The van der Waals surface area contributed by atoms with Crippen LogP contribution in [0.25, 0.3) is 0 Å². The maximum Gasteiger partial charge on any atom is 0.136 e. The van der Waals surface area contributed by atoms with Crippen molar-refractivity contribution in [2.75, 3.05) is 0 Å². The molecule has 2 heteroatoms. The van der Waals surface area contributed by atoms with E-state index in [9.17, 15) is 9.59 Å². The first-order valence-corrected chi connectivity index (χ1v) is 12.3. The highest BCUT2D eigenvalue weighted by Crippen LogP contribution is 2.45. The molecule has 0 aromatic rings. The second-order valence-electron chi connectivity index (χ2n) is 10.3. The molecule has 2 nitrogen and oxygen atoms in total. The highest BCUT2D eigenvalue weighted by Gasteiger charge is 2.38. The Morgan fingerprint density at radius 3 is 2.11 bits per heavy atom. The minimum Gasteiger partial charge on any atom is -0.299 e. The van der Waals surface area contributed by atoms with Gasteiger partial charge in [-0.05, 0) is 62.2 Å². The van der Waals surface area contributed by atoms with Gasteiger partial charge in [-0.15, -0.1) is 0 Å². The molecule has 0 bridgehead atoms. The first-order valence-electron chi connectivity index (χ1n) is 12.3. The van der Waals surface area contributed by atoms with Gasteiger partial charge in [-0.3, -0.25) is 9.59 Å². The molecule has 4 rings (SSSR count). The van der Waals surface area contributed by atoms with E-state index < -0.39 is 0 Å². The fourth-order valence-corrected chi connectivity index (χ4v) is 7.33. The van der Waals surface area contributed by atoms with Gasteiger partial charge in [0.25, 0.3) is 0 Å². The Bertz CT molecular complexity index is 522. The van der Waals surface area contributed by atoms with Gasteiger partial charge in [0.2, 0.25) is 0 Å². The molecule has 4 aliphatic carbocycles. The van der Waals surface area contributed by atoms with E-state index in [1.54, 1.807) is 0 Å². The van der Waals surface area contributed by atoms with Gasteiger partial charge < -0.3 is 0 Å². The van der Waals surface area contributed by atoms with Crippen LogP contribution in [0.5, 0.6) is 0 Å².